The number of nitrogens with two attached hydrogens (primary N) is 1. The van der Waals surface area contributed by atoms with E-state index in [2.05, 4.69) is 4.90 Å². The smallest absolute Gasteiger partial charge is 0.226 e. The molecule has 5 nitrogen and oxygen atoms in total. The van der Waals surface area contributed by atoms with Gasteiger partial charge in [0.05, 0.1) is 6.54 Å². The van der Waals surface area contributed by atoms with Crippen molar-refractivity contribution in [3.05, 3.63) is 28.3 Å². The number of hydrogen-bond acceptors (Lipinski definition) is 5. The molecule has 1 saturated heterocycles. The van der Waals surface area contributed by atoms with E-state index >= 15 is 0 Å². The van der Waals surface area contributed by atoms with Gasteiger partial charge in [0.2, 0.25) is 5.43 Å². The van der Waals surface area contributed by atoms with Crippen LogP contribution in [0.4, 0.5) is 0 Å². The van der Waals surface area contributed by atoms with Crippen LogP contribution in [-0.4, -0.2) is 29.1 Å². The van der Waals surface area contributed by atoms with E-state index < -0.39 is 5.43 Å². The Kier molecular flexibility index (Phi) is 3.26. The largest absolute Gasteiger partial charge is 0.502 e. The van der Waals surface area contributed by atoms with Gasteiger partial charge in [0.1, 0.15) is 12.0 Å². The third kappa shape index (κ3) is 2.62. The molecule has 1 aromatic heterocycles. The molecule has 0 bridgehead atoms. The number of likely N-dealkylation sites (tertiary alicyclic amines) is 1. The van der Waals surface area contributed by atoms with E-state index in [0.29, 0.717) is 12.3 Å². The zero-order valence-electron chi connectivity index (χ0n) is 9.06. The van der Waals surface area contributed by atoms with Gasteiger partial charge in [-0.1, -0.05) is 0 Å². The molecule has 1 aliphatic heterocycles. The Balaban J connectivity index is 2.03. The first-order valence-electron chi connectivity index (χ1n) is 5.44. The summed E-state index contributed by atoms with van der Waals surface area (Å²) in [6.45, 7) is 2.37. The predicted molar refractivity (Wildman–Crippen MR) is 59.1 cm³/mol. The Morgan fingerprint density at radius 3 is 3.12 bits per heavy atom. The Labute approximate surface area is 93.5 Å². The fourth-order valence-electron chi connectivity index (χ4n) is 1.98. The van der Waals surface area contributed by atoms with Gasteiger partial charge in [-0.05, 0) is 19.4 Å². The van der Waals surface area contributed by atoms with E-state index in [1.54, 1.807) is 0 Å². The molecule has 2 rings (SSSR count). The highest BCUT2D eigenvalue weighted by atomic mass is 16.4. The lowest BCUT2D eigenvalue weighted by Crippen LogP contribution is -2.42. The lowest BCUT2D eigenvalue weighted by atomic mass is 10.1. The molecular weight excluding hydrogens is 208 g/mol. The van der Waals surface area contributed by atoms with Crippen molar-refractivity contribution in [2.24, 2.45) is 5.73 Å². The maximum atomic E-state index is 11.2. The molecule has 88 valence electrons. The molecule has 1 fully saturated rings. The summed E-state index contributed by atoms with van der Waals surface area (Å²) in [7, 11) is 0. The lowest BCUT2D eigenvalue weighted by Gasteiger charge is -2.29. The zero-order valence-corrected chi connectivity index (χ0v) is 9.06. The van der Waals surface area contributed by atoms with Crippen LogP contribution in [0.25, 0.3) is 0 Å². The van der Waals surface area contributed by atoms with Crippen LogP contribution in [0.3, 0.4) is 0 Å². The molecule has 16 heavy (non-hydrogen) atoms. The molecule has 1 atom stereocenters. The quantitative estimate of drug-likeness (QED) is 0.753. The van der Waals surface area contributed by atoms with E-state index in [-0.39, 0.29) is 11.8 Å². The van der Waals surface area contributed by atoms with Crippen molar-refractivity contribution >= 4 is 0 Å². The monoisotopic (exact) mass is 224 g/mol. The van der Waals surface area contributed by atoms with Crippen molar-refractivity contribution < 1.29 is 9.52 Å². The van der Waals surface area contributed by atoms with Gasteiger partial charge in [-0.2, -0.15) is 0 Å². The van der Waals surface area contributed by atoms with Gasteiger partial charge in [0, 0.05) is 18.7 Å². The summed E-state index contributed by atoms with van der Waals surface area (Å²) in [5.41, 5.74) is 5.46. The molecule has 3 N–H and O–H groups in total. The van der Waals surface area contributed by atoms with Gasteiger partial charge in [0.15, 0.2) is 5.75 Å². The van der Waals surface area contributed by atoms with Crippen molar-refractivity contribution in [3.8, 4) is 5.75 Å². The molecular formula is C11H16N2O3. The van der Waals surface area contributed by atoms with Crippen molar-refractivity contribution in [1.29, 1.82) is 0 Å². The molecule has 5 heteroatoms. The van der Waals surface area contributed by atoms with Gasteiger partial charge in [0.25, 0.3) is 0 Å². The molecule has 0 amide bonds. The van der Waals surface area contributed by atoms with Crippen LogP contribution in [0.15, 0.2) is 21.5 Å². The minimum Gasteiger partial charge on any atom is -0.502 e. The second-order valence-corrected chi connectivity index (χ2v) is 4.23. The van der Waals surface area contributed by atoms with Gasteiger partial charge in [-0.25, -0.2) is 0 Å². The molecule has 0 unspecified atom stereocenters. The minimum atomic E-state index is -0.400. The topological polar surface area (TPSA) is 79.7 Å². The first-order chi connectivity index (χ1) is 7.65. The highest BCUT2D eigenvalue weighted by molar-refractivity contribution is 5.15. The summed E-state index contributed by atoms with van der Waals surface area (Å²) in [5, 5.41) is 9.05. The Hall–Kier alpha value is -1.33. The van der Waals surface area contributed by atoms with E-state index in [9.17, 15) is 4.79 Å². The second-order valence-electron chi connectivity index (χ2n) is 4.23. The average Bonchev–Trinajstić information content (AvgIpc) is 2.24. The van der Waals surface area contributed by atoms with Crippen LogP contribution in [0, 0.1) is 0 Å². The van der Waals surface area contributed by atoms with E-state index in [1.165, 1.54) is 6.07 Å². The van der Waals surface area contributed by atoms with Crippen LogP contribution >= 0.6 is 0 Å². The minimum absolute atomic E-state index is 0.206. The average molecular weight is 224 g/mol. The third-order valence-electron chi connectivity index (χ3n) is 2.79. The predicted octanol–water partition coefficient (Wildman–Crippen LogP) is 0.268. The van der Waals surface area contributed by atoms with E-state index in [0.717, 1.165) is 32.2 Å². The third-order valence-corrected chi connectivity index (χ3v) is 2.79. The fraction of sp³-hybridized carbons (Fsp3) is 0.545. The maximum Gasteiger partial charge on any atom is 0.226 e. The number of piperidine rings is 1. The summed E-state index contributed by atoms with van der Waals surface area (Å²) < 4.78 is 5.14. The first kappa shape index (κ1) is 11.2. The van der Waals surface area contributed by atoms with Crippen LogP contribution in [0.2, 0.25) is 0 Å². The standard InChI is InChI=1S/C11H16N2O3/c12-8-2-1-3-13(5-8)6-9-4-10(14)11(15)7-16-9/h4,7-8,15H,1-3,5-6,12H2/t8-/m1/s1. The van der Waals surface area contributed by atoms with Crippen molar-refractivity contribution in [2.75, 3.05) is 13.1 Å². The molecule has 1 aliphatic rings. The number of rotatable bonds is 2. The highest BCUT2D eigenvalue weighted by Gasteiger charge is 2.17. The van der Waals surface area contributed by atoms with Crippen LogP contribution in [0.5, 0.6) is 5.75 Å². The van der Waals surface area contributed by atoms with Crippen molar-refractivity contribution in [3.63, 3.8) is 0 Å². The molecule has 0 radical (unpaired) electrons. The molecule has 1 aromatic rings. The normalized spacial score (nSPS) is 22.2. The number of hydrogen-bond donors (Lipinski definition) is 2. The van der Waals surface area contributed by atoms with Gasteiger partial charge in [-0.15, -0.1) is 0 Å². The second kappa shape index (κ2) is 4.67. The maximum absolute atomic E-state index is 11.2. The summed E-state index contributed by atoms with van der Waals surface area (Å²) in [4.78, 5) is 13.3. The summed E-state index contributed by atoms with van der Waals surface area (Å²) in [5.74, 6) is 0.219. The van der Waals surface area contributed by atoms with Gasteiger partial charge < -0.3 is 15.3 Å². The lowest BCUT2D eigenvalue weighted by molar-refractivity contribution is 0.186. The SMILES string of the molecule is N[C@@H]1CCCN(Cc2cc(=O)c(O)co2)C1. The van der Waals surface area contributed by atoms with Crippen molar-refractivity contribution in [1.82, 2.24) is 4.90 Å². The molecule has 2 heterocycles. The van der Waals surface area contributed by atoms with Crippen molar-refractivity contribution in [2.45, 2.75) is 25.4 Å². The first-order valence-corrected chi connectivity index (χ1v) is 5.44. The molecule has 0 aromatic carbocycles. The number of aromatic hydroxyl groups is 1. The van der Waals surface area contributed by atoms with Crippen LogP contribution in [0.1, 0.15) is 18.6 Å². The molecule has 0 spiro atoms. The zero-order chi connectivity index (χ0) is 11.5. The molecule has 0 saturated carbocycles. The van der Waals surface area contributed by atoms with E-state index in [4.69, 9.17) is 15.3 Å². The summed E-state index contributed by atoms with van der Waals surface area (Å²) in [6, 6.07) is 1.53. The van der Waals surface area contributed by atoms with Gasteiger partial charge in [-0.3, -0.25) is 9.69 Å². The Bertz CT molecular complexity index is 416. The van der Waals surface area contributed by atoms with Gasteiger partial charge >= 0.3 is 0 Å². The summed E-state index contributed by atoms with van der Waals surface area (Å²) >= 11 is 0. The Morgan fingerprint density at radius 2 is 2.44 bits per heavy atom. The summed E-state index contributed by atoms with van der Waals surface area (Å²) in [6.07, 6.45) is 3.21. The molecule has 0 aliphatic carbocycles. The number of nitrogens with zero attached hydrogens (tertiary/aromatic N) is 1. The van der Waals surface area contributed by atoms with Crippen LogP contribution in [-0.2, 0) is 6.54 Å². The van der Waals surface area contributed by atoms with Crippen LogP contribution < -0.4 is 11.2 Å². The van der Waals surface area contributed by atoms with E-state index in [1.807, 2.05) is 0 Å². The fourth-order valence-corrected chi connectivity index (χ4v) is 1.98. The Morgan fingerprint density at radius 1 is 1.62 bits per heavy atom. The highest BCUT2D eigenvalue weighted by Crippen LogP contribution is 2.12.